The molecule has 0 spiro atoms. The molecule has 26 heavy (non-hydrogen) atoms. The second kappa shape index (κ2) is 10.1. The summed E-state index contributed by atoms with van der Waals surface area (Å²) in [5.74, 6) is 0.491. The highest BCUT2D eigenvalue weighted by Gasteiger charge is 2.12. The Morgan fingerprint density at radius 2 is 2.15 bits per heavy atom. The highest BCUT2D eigenvalue weighted by Crippen LogP contribution is 2.20. The molecular weight excluding hydrogens is 330 g/mol. The molecule has 7 heteroatoms. The van der Waals surface area contributed by atoms with Crippen molar-refractivity contribution in [2.24, 2.45) is 5.73 Å². The zero-order valence-electron chi connectivity index (χ0n) is 15.6. The van der Waals surface area contributed by atoms with Gasteiger partial charge in [-0.1, -0.05) is 19.9 Å². The highest BCUT2D eigenvalue weighted by atomic mass is 16.5. The maximum atomic E-state index is 11.1. The van der Waals surface area contributed by atoms with Crippen LogP contribution in [0, 0.1) is 0 Å². The Morgan fingerprint density at radius 3 is 2.81 bits per heavy atom. The molecule has 0 saturated carbocycles. The Kier molecular flexibility index (Phi) is 7.77. The fourth-order valence-corrected chi connectivity index (χ4v) is 2.99. The van der Waals surface area contributed by atoms with E-state index in [9.17, 15) is 4.79 Å². The maximum Gasteiger partial charge on any atom is 0.267 e. The van der Waals surface area contributed by atoms with Crippen LogP contribution in [0.4, 0.5) is 0 Å². The van der Waals surface area contributed by atoms with Gasteiger partial charge in [0, 0.05) is 25.6 Å². The number of nitrogens with zero attached hydrogens (tertiary/aromatic N) is 3. The SMILES string of the molecule is CCN(CC)CCn1c(CCCN)nc2cc(/C=C/C(=O)NO)ccc21. The Labute approximate surface area is 154 Å². The van der Waals surface area contributed by atoms with Crippen molar-refractivity contribution in [3.8, 4) is 0 Å². The lowest BCUT2D eigenvalue weighted by atomic mass is 10.2. The lowest BCUT2D eigenvalue weighted by molar-refractivity contribution is -0.124. The standard InChI is InChI=1S/C19H29N5O2/c1-3-23(4-2)12-13-24-17-9-7-15(8-10-19(25)22-26)14-16(17)21-18(24)6-5-11-20/h7-10,14,26H,3-6,11-13,20H2,1-2H3,(H,22,25)/b10-8+. The number of hydrogen-bond acceptors (Lipinski definition) is 5. The number of nitrogens with one attached hydrogen (secondary N) is 1. The summed E-state index contributed by atoms with van der Waals surface area (Å²) >= 11 is 0. The van der Waals surface area contributed by atoms with Gasteiger partial charge in [-0.15, -0.1) is 0 Å². The Morgan fingerprint density at radius 1 is 1.38 bits per heavy atom. The molecule has 1 aromatic heterocycles. The minimum absolute atomic E-state index is 0.557. The molecule has 0 aliphatic carbocycles. The smallest absolute Gasteiger partial charge is 0.267 e. The first-order valence-electron chi connectivity index (χ1n) is 9.16. The molecule has 1 heterocycles. The first-order valence-corrected chi connectivity index (χ1v) is 9.16. The van der Waals surface area contributed by atoms with E-state index in [1.54, 1.807) is 11.6 Å². The summed E-state index contributed by atoms with van der Waals surface area (Å²) in [5.41, 5.74) is 10.1. The van der Waals surface area contributed by atoms with E-state index in [2.05, 4.69) is 23.3 Å². The topological polar surface area (TPSA) is 96.4 Å². The number of benzene rings is 1. The summed E-state index contributed by atoms with van der Waals surface area (Å²) in [5, 5.41) is 8.57. The second-order valence-corrected chi connectivity index (χ2v) is 6.16. The highest BCUT2D eigenvalue weighted by molar-refractivity contribution is 5.91. The molecule has 1 amide bonds. The minimum Gasteiger partial charge on any atom is -0.330 e. The third-order valence-electron chi connectivity index (χ3n) is 4.53. The summed E-state index contributed by atoms with van der Waals surface area (Å²) in [7, 11) is 0. The molecule has 1 aromatic carbocycles. The molecule has 0 radical (unpaired) electrons. The third-order valence-corrected chi connectivity index (χ3v) is 4.53. The van der Waals surface area contributed by atoms with Crippen molar-refractivity contribution in [2.75, 3.05) is 26.2 Å². The van der Waals surface area contributed by atoms with Crippen LogP contribution < -0.4 is 11.2 Å². The number of likely N-dealkylation sites (N-methyl/N-ethyl adjacent to an activating group) is 1. The monoisotopic (exact) mass is 359 g/mol. The molecule has 0 atom stereocenters. The Balaban J connectivity index is 2.31. The number of aryl methyl sites for hydroxylation is 1. The average Bonchev–Trinajstić information content (AvgIpc) is 3.01. The van der Waals surface area contributed by atoms with E-state index >= 15 is 0 Å². The van der Waals surface area contributed by atoms with Crippen LogP contribution in [0.5, 0.6) is 0 Å². The second-order valence-electron chi connectivity index (χ2n) is 6.16. The zero-order chi connectivity index (χ0) is 18.9. The van der Waals surface area contributed by atoms with Crippen molar-refractivity contribution in [1.82, 2.24) is 19.9 Å². The van der Waals surface area contributed by atoms with E-state index in [0.717, 1.165) is 61.4 Å². The van der Waals surface area contributed by atoms with Crippen LogP contribution in [0.1, 0.15) is 31.7 Å². The molecule has 0 saturated heterocycles. The van der Waals surface area contributed by atoms with Gasteiger partial charge in [-0.2, -0.15) is 0 Å². The molecular formula is C19H29N5O2. The molecule has 4 N–H and O–H groups in total. The molecule has 0 bridgehead atoms. The molecule has 2 aromatic rings. The van der Waals surface area contributed by atoms with Gasteiger partial charge in [0.1, 0.15) is 5.82 Å². The zero-order valence-corrected chi connectivity index (χ0v) is 15.6. The number of hydroxylamine groups is 1. The van der Waals surface area contributed by atoms with Gasteiger partial charge < -0.3 is 15.2 Å². The van der Waals surface area contributed by atoms with E-state index < -0.39 is 5.91 Å². The van der Waals surface area contributed by atoms with Gasteiger partial charge in [0.25, 0.3) is 5.91 Å². The Hall–Kier alpha value is -2.22. The lowest BCUT2D eigenvalue weighted by Gasteiger charge is -2.19. The van der Waals surface area contributed by atoms with E-state index in [-0.39, 0.29) is 0 Å². The summed E-state index contributed by atoms with van der Waals surface area (Å²) in [6, 6.07) is 5.94. The normalized spacial score (nSPS) is 11.7. The number of hydrogen-bond donors (Lipinski definition) is 3. The van der Waals surface area contributed by atoms with Gasteiger partial charge in [-0.05, 0) is 49.8 Å². The largest absolute Gasteiger partial charge is 0.330 e. The number of amides is 1. The number of aromatic nitrogens is 2. The van der Waals surface area contributed by atoms with Crippen molar-refractivity contribution in [3.63, 3.8) is 0 Å². The first-order chi connectivity index (χ1) is 12.6. The molecule has 0 fully saturated rings. The van der Waals surface area contributed by atoms with Gasteiger partial charge in [-0.25, -0.2) is 10.5 Å². The maximum absolute atomic E-state index is 11.1. The molecule has 2 rings (SSSR count). The summed E-state index contributed by atoms with van der Waals surface area (Å²) in [4.78, 5) is 18.3. The number of carbonyl (C=O) groups excluding carboxylic acids is 1. The minimum atomic E-state index is -0.557. The average molecular weight is 359 g/mol. The van der Waals surface area contributed by atoms with Crippen molar-refractivity contribution < 1.29 is 10.0 Å². The molecule has 7 nitrogen and oxygen atoms in total. The predicted molar refractivity (Wildman–Crippen MR) is 104 cm³/mol. The molecule has 0 aliphatic rings. The molecule has 0 unspecified atom stereocenters. The fourth-order valence-electron chi connectivity index (χ4n) is 2.99. The molecule has 142 valence electrons. The van der Waals surface area contributed by atoms with E-state index in [1.165, 1.54) is 6.08 Å². The number of imidazole rings is 1. The number of fused-ring (bicyclic) bond motifs is 1. The van der Waals surface area contributed by atoms with E-state index in [0.29, 0.717) is 6.54 Å². The predicted octanol–water partition coefficient (Wildman–Crippen LogP) is 1.79. The van der Waals surface area contributed by atoms with Gasteiger partial charge >= 0.3 is 0 Å². The third kappa shape index (κ3) is 5.14. The summed E-state index contributed by atoms with van der Waals surface area (Å²) in [6.07, 6.45) is 4.69. The lowest BCUT2D eigenvalue weighted by Crippen LogP contribution is -2.27. The molecule has 0 aliphatic heterocycles. The van der Waals surface area contributed by atoms with E-state index in [1.807, 2.05) is 18.2 Å². The fraction of sp³-hybridized carbons (Fsp3) is 0.474. The van der Waals surface area contributed by atoms with Gasteiger partial charge in [0.2, 0.25) is 0 Å². The van der Waals surface area contributed by atoms with Crippen molar-refractivity contribution in [2.45, 2.75) is 33.2 Å². The quantitative estimate of drug-likeness (QED) is 0.341. The van der Waals surface area contributed by atoms with Crippen LogP contribution >= 0.6 is 0 Å². The van der Waals surface area contributed by atoms with Crippen LogP contribution in [0.2, 0.25) is 0 Å². The van der Waals surface area contributed by atoms with Crippen LogP contribution in [0.3, 0.4) is 0 Å². The van der Waals surface area contributed by atoms with Crippen LogP contribution in [-0.4, -0.2) is 51.7 Å². The van der Waals surface area contributed by atoms with Crippen LogP contribution in [0.25, 0.3) is 17.1 Å². The first kappa shape index (κ1) is 20.1. The van der Waals surface area contributed by atoms with Gasteiger partial charge in [0.15, 0.2) is 0 Å². The van der Waals surface area contributed by atoms with Crippen molar-refractivity contribution in [1.29, 1.82) is 0 Å². The van der Waals surface area contributed by atoms with Crippen molar-refractivity contribution >= 4 is 23.0 Å². The Bertz CT molecular complexity index is 750. The van der Waals surface area contributed by atoms with Gasteiger partial charge in [0.05, 0.1) is 11.0 Å². The van der Waals surface area contributed by atoms with Crippen molar-refractivity contribution in [3.05, 3.63) is 35.7 Å². The number of nitrogens with two attached hydrogens (primary N) is 1. The van der Waals surface area contributed by atoms with E-state index in [4.69, 9.17) is 15.9 Å². The van der Waals surface area contributed by atoms with Crippen LogP contribution in [0.15, 0.2) is 24.3 Å². The number of carbonyl (C=O) groups is 1. The summed E-state index contributed by atoms with van der Waals surface area (Å²) in [6.45, 7) is 8.92. The number of rotatable bonds is 10. The summed E-state index contributed by atoms with van der Waals surface area (Å²) < 4.78 is 2.28. The van der Waals surface area contributed by atoms with Crippen LogP contribution in [-0.2, 0) is 17.8 Å². The van der Waals surface area contributed by atoms with Gasteiger partial charge in [-0.3, -0.25) is 10.0 Å².